The lowest BCUT2D eigenvalue weighted by Gasteiger charge is -2.12. The highest BCUT2D eigenvalue weighted by molar-refractivity contribution is 7.07. The Hall–Kier alpha value is -3.84. The molecule has 0 unspecified atom stereocenters. The minimum atomic E-state index is -4.80. The van der Waals surface area contributed by atoms with Crippen molar-refractivity contribution in [1.29, 1.82) is 0 Å². The summed E-state index contributed by atoms with van der Waals surface area (Å²) < 4.78 is 53.7. The molecule has 3 rings (SSSR count). The largest absolute Gasteiger partial charge is 0.573 e. The van der Waals surface area contributed by atoms with Crippen LogP contribution in [0.1, 0.15) is 16.8 Å². The molecular weight excluding hydrogens is 515 g/mol. The van der Waals surface area contributed by atoms with Gasteiger partial charge in [-0.3, -0.25) is 9.59 Å². The first-order valence-electron chi connectivity index (χ1n) is 10.9. The van der Waals surface area contributed by atoms with Crippen molar-refractivity contribution in [2.24, 2.45) is 4.99 Å². The van der Waals surface area contributed by atoms with E-state index in [1.54, 1.807) is 22.1 Å². The number of aromatic nitrogens is 1. The number of amides is 1. The summed E-state index contributed by atoms with van der Waals surface area (Å²) in [6, 6.07) is 10.1. The summed E-state index contributed by atoms with van der Waals surface area (Å²) in [4.78, 5) is 28.4. The molecule has 198 valence electrons. The lowest BCUT2D eigenvalue weighted by Crippen LogP contribution is -2.26. The molecule has 0 bridgehead atoms. The number of carbonyl (C=O) groups is 2. The number of methoxy groups -OCH3 is 2. The third-order valence-corrected chi connectivity index (χ3v) is 5.89. The number of aliphatic carboxylic acids is 1. The van der Waals surface area contributed by atoms with Crippen molar-refractivity contribution in [1.82, 2.24) is 9.88 Å². The number of rotatable bonds is 11. The first-order valence-corrected chi connectivity index (χ1v) is 11.8. The number of nitrogens with one attached hydrogen (secondary N) is 1. The van der Waals surface area contributed by atoms with E-state index in [4.69, 9.17) is 14.6 Å². The van der Waals surface area contributed by atoms with Crippen LogP contribution < -0.4 is 24.3 Å². The fourth-order valence-corrected chi connectivity index (χ4v) is 4.31. The van der Waals surface area contributed by atoms with Gasteiger partial charge in [-0.1, -0.05) is 0 Å². The molecule has 13 heteroatoms. The van der Waals surface area contributed by atoms with Crippen LogP contribution in [-0.4, -0.2) is 55.2 Å². The summed E-state index contributed by atoms with van der Waals surface area (Å²) in [5.74, 6) is -1.11. The van der Waals surface area contributed by atoms with Gasteiger partial charge in [0.25, 0.3) is 5.91 Å². The van der Waals surface area contributed by atoms with Gasteiger partial charge in [0.05, 0.1) is 32.0 Å². The molecule has 0 saturated heterocycles. The molecule has 0 aliphatic rings. The van der Waals surface area contributed by atoms with Crippen LogP contribution in [0.15, 0.2) is 52.8 Å². The highest BCUT2D eigenvalue weighted by Crippen LogP contribution is 2.28. The number of hydrogen-bond donors (Lipinski definition) is 2. The molecule has 1 aromatic heterocycles. The molecule has 0 spiro atoms. The maximum atomic E-state index is 13.0. The molecule has 37 heavy (non-hydrogen) atoms. The summed E-state index contributed by atoms with van der Waals surface area (Å²) in [5, 5.41) is 13.3. The number of carbonyl (C=O) groups excluding carboxylic acids is 1. The molecule has 3 aromatic rings. The number of alkyl halides is 3. The lowest BCUT2D eigenvalue weighted by atomic mass is 10.1. The van der Waals surface area contributed by atoms with Gasteiger partial charge in [-0.25, -0.2) is 0 Å². The van der Waals surface area contributed by atoms with Gasteiger partial charge in [0.15, 0.2) is 4.80 Å². The lowest BCUT2D eigenvalue weighted by molar-refractivity contribution is -0.274. The van der Waals surface area contributed by atoms with E-state index in [1.807, 2.05) is 0 Å². The van der Waals surface area contributed by atoms with Gasteiger partial charge in [-0.2, -0.15) is 4.99 Å². The molecule has 1 heterocycles. The molecule has 0 atom stereocenters. The molecule has 2 N–H and O–H groups in total. The van der Waals surface area contributed by atoms with E-state index in [-0.39, 0.29) is 23.6 Å². The zero-order valence-electron chi connectivity index (χ0n) is 19.9. The molecule has 0 aliphatic carbocycles. The summed E-state index contributed by atoms with van der Waals surface area (Å²) in [6.07, 6.45) is -4.30. The second-order valence-corrected chi connectivity index (χ2v) is 8.37. The number of hydrogen-bond acceptors (Lipinski definition) is 7. The van der Waals surface area contributed by atoms with Crippen molar-refractivity contribution in [2.45, 2.75) is 19.3 Å². The maximum absolute atomic E-state index is 13.0. The third-order valence-electron chi connectivity index (χ3n) is 5.03. The van der Waals surface area contributed by atoms with Gasteiger partial charge in [0.2, 0.25) is 0 Å². The standard InChI is InChI=1S/C24H24F3N3O6S/c1-34-17-8-9-18(20(12-17)35-2)22(33)29-23-30(11-3-10-28-13-21(31)32)19(14-37-23)15-4-6-16(7-5-15)36-24(25,26)27/h4-9,12,14,28H,3,10-11,13H2,1-2H3,(H,31,32)/b29-23-. The summed E-state index contributed by atoms with van der Waals surface area (Å²) in [6.45, 7) is 0.541. The zero-order chi connectivity index (χ0) is 27.0. The fourth-order valence-electron chi connectivity index (χ4n) is 3.37. The van der Waals surface area contributed by atoms with Crippen LogP contribution in [-0.2, 0) is 11.3 Å². The van der Waals surface area contributed by atoms with Gasteiger partial charge in [-0.05, 0) is 54.9 Å². The van der Waals surface area contributed by atoms with Gasteiger partial charge in [0.1, 0.15) is 17.2 Å². The Labute approximate surface area is 213 Å². The first-order chi connectivity index (χ1) is 17.6. The van der Waals surface area contributed by atoms with Crippen molar-refractivity contribution in [3.8, 4) is 28.5 Å². The second-order valence-electron chi connectivity index (χ2n) is 7.53. The minimum Gasteiger partial charge on any atom is -0.497 e. The van der Waals surface area contributed by atoms with E-state index >= 15 is 0 Å². The number of benzene rings is 2. The number of ether oxygens (including phenoxy) is 3. The van der Waals surface area contributed by atoms with E-state index in [0.717, 1.165) is 0 Å². The maximum Gasteiger partial charge on any atom is 0.573 e. The number of nitrogens with zero attached hydrogens (tertiary/aromatic N) is 2. The summed E-state index contributed by atoms with van der Waals surface area (Å²) in [7, 11) is 2.91. The third kappa shape index (κ3) is 7.82. The van der Waals surface area contributed by atoms with Crippen LogP contribution in [0.5, 0.6) is 17.2 Å². The van der Waals surface area contributed by atoms with Crippen molar-refractivity contribution in [3.05, 3.63) is 58.2 Å². The quantitative estimate of drug-likeness (QED) is 0.355. The molecule has 0 saturated carbocycles. The SMILES string of the molecule is COc1ccc(C(=O)/N=c2\scc(-c3ccc(OC(F)(F)F)cc3)n2CCCNCC(=O)O)c(OC)c1. The van der Waals surface area contributed by atoms with Crippen LogP contribution in [0.2, 0.25) is 0 Å². The molecule has 0 aliphatic heterocycles. The Morgan fingerprint density at radius 2 is 1.78 bits per heavy atom. The Kier molecular flexibility index (Phi) is 9.31. The van der Waals surface area contributed by atoms with Gasteiger partial charge in [-0.15, -0.1) is 24.5 Å². The number of carboxylic acids is 1. The van der Waals surface area contributed by atoms with E-state index in [1.165, 1.54) is 55.9 Å². The van der Waals surface area contributed by atoms with E-state index in [2.05, 4.69) is 15.0 Å². The van der Waals surface area contributed by atoms with Crippen LogP contribution in [0.3, 0.4) is 0 Å². The average molecular weight is 540 g/mol. The highest BCUT2D eigenvalue weighted by atomic mass is 32.1. The molecule has 0 fully saturated rings. The Bertz CT molecular complexity index is 1300. The Morgan fingerprint density at radius 3 is 2.41 bits per heavy atom. The van der Waals surface area contributed by atoms with Crippen LogP contribution in [0.25, 0.3) is 11.3 Å². The second kappa shape index (κ2) is 12.4. The fraction of sp³-hybridized carbons (Fsp3) is 0.292. The topological polar surface area (TPSA) is 111 Å². The summed E-state index contributed by atoms with van der Waals surface area (Å²) in [5.41, 5.74) is 1.43. The van der Waals surface area contributed by atoms with Crippen molar-refractivity contribution < 1.29 is 42.1 Å². The predicted molar refractivity (Wildman–Crippen MR) is 129 cm³/mol. The van der Waals surface area contributed by atoms with Crippen LogP contribution >= 0.6 is 11.3 Å². The number of thiazole rings is 1. The predicted octanol–water partition coefficient (Wildman–Crippen LogP) is 3.94. The summed E-state index contributed by atoms with van der Waals surface area (Å²) >= 11 is 1.18. The van der Waals surface area contributed by atoms with Gasteiger partial charge in [0, 0.05) is 18.0 Å². The molecule has 0 radical (unpaired) electrons. The Balaban J connectivity index is 1.95. The van der Waals surface area contributed by atoms with Gasteiger partial charge >= 0.3 is 12.3 Å². The van der Waals surface area contributed by atoms with E-state index < -0.39 is 18.2 Å². The molecular formula is C24H24F3N3O6S. The first kappa shape index (κ1) is 27.7. The monoisotopic (exact) mass is 539 g/mol. The number of halogens is 3. The molecule has 9 nitrogen and oxygen atoms in total. The van der Waals surface area contributed by atoms with E-state index in [9.17, 15) is 22.8 Å². The molecule has 2 aromatic carbocycles. The highest BCUT2D eigenvalue weighted by Gasteiger charge is 2.31. The van der Waals surface area contributed by atoms with Crippen molar-refractivity contribution in [2.75, 3.05) is 27.3 Å². The minimum absolute atomic E-state index is 0.200. The van der Waals surface area contributed by atoms with Crippen LogP contribution in [0, 0.1) is 0 Å². The van der Waals surface area contributed by atoms with Gasteiger partial charge < -0.3 is 29.2 Å². The van der Waals surface area contributed by atoms with Crippen molar-refractivity contribution >= 4 is 23.2 Å². The Morgan fingerprint density at radius 1 is 1.08 bits per heavy atom. The average Bonchev–Trinajstić information content (AvgIpc) is 3.24. The van der Waals surface area contributed by atoms with Crippen molar-refractivity contribution in [3.63, 3.8) is 0 Å². The smallest absolute Gasteiger partial charge is 0.497 e. The normalized spacial score (nSPS) is 11.9. The number of carboxylic acid groups (broad SMARTS) is 1. The molecule has 1 amide bonds. The van der Waals surface area contributed by atoms with Crippen LogP contribution in [0.4, 0.5) is 13.2 Å². The zero-order valence-corrected chi connectivity index (χ0v) is 20.7. The van der Waals surface area contributed by atoms with E-state index in [0.29, 0.717) is 41.3 Å².